The van der Waals surface area contributed by atoms with E-state index in [0.717, 1.165) is 32.4 Å². The van der Waals surface area contributed by atoms with E-state index in [1.807, 2.05) is 0 Å². The molecule has 0 N–H and O–H groups in total. The summed E-state index contributed by atoms with van der Waals surface area (Å²) in [6, 6.07) is 0. The van der Waals surface area contributed by atoms with Crippen LogP contribution in [0.2, 0.25) is 0 Å². The van der Waals surface area contributed by atoms with Gasteiger partial charge in [0.2, 0.25) is 0 Å². The minimum absolute atomic E-state index is 0.0608. The number of carbonyl (C=O) groups excluding carboxylic acids is 1. The van der Waals surface area contributed by atoms with E-state index in [-0.39, 0.29) is 11.5 Å². The van der Waals surface area contributed by atoms with Crippen LogP contribution in [0, 0.1) is 0 Å². The van der Waals surface area contributed by atoms with Crippen molar-refractivity contribution in [1.29, 1.82) is 0 Å². The molecular weight excluding hydrogens is 166 g/mol. The number of methoxy groups -OCH3 is 1. The Labute approximate surface area is 78.4 Å². The molecule has 0 radical (unpaired) electrons. The van der Waals surface area contributed by atoms with Crippen LogP contribution in [0.3, 0.4) is 0 Å². The Morgan fingerprint density at radius 1 is 1.54 bits per heavy atom. The average molecular weight is 181 g/mol. The second-order valence-electron chi connectivity index (χ2n) is 3.75. The number of ether oxygens (including phenoxy) is 1. The van der Waals surface area contributed by atoms with E-state index in [1.54, 1.807) is 0 Å². The Morgan fingerprint density at radius 2 is 2.38 bits per heavy atom. The molecule has 2 heterocycles. The van der Waals surface area contributed by atoms with Crippen LogP contribution in [0.15, 0.2) is 12.2 Å². The first-order chi connectivity index (χ1) is 6.29. The molecule has 1 atom stereocenters. The molecule has 0 amide bonds. The van der Waals surface area contributed by atoms with Gasteiger partial charge < -0.3 is 4.74 Å². The van der Waals surface area contributed by atoms with Gasteiger partial charge in [-0.3, -0.25) is 9.69 Å². The highest BCUT2D eigenvalue weighted by Gasteiger charge is 2.48. The Bertz CT molecular complexity index is 249. The number of hydrogen-bond acceptors (Lipinski definition) is 3. The van der Waals surface area contributed by atoms with Gasteiger partial charge in [-0.2, -0.15) is 0 Å². The smallest absolute Gasteiger partial charge is 0.326 e. The molecule has 1 unspecified atom stereocenters. The van der Waals surface area contributed by atoms with Crippen LogP contribution < -0.4 is 0 Å². The third kappa shape index (κ3) is 1.18. The molecule has 0 aromatic carbocycles. The maximum Gasteiger partial charge on any atom is 0.326 e. The lowest BCUT2D eigenvalue weighted by atomic mass is 9.90. The van der Waals surface area contributed by atoms with Crippen LogP contribution in [-0.4, -0.2) is 36.6 Å². The molecule has 0 spiro atoms. The van der Waals surface area contributed by atoms with Gasteiger partial charge in [0.25, 0.3) is 0 Å². The van der Waals surface area contributed by atoms with Crippen LogP contribution in [0.4, 0.5) is 0 Å². The van der Waals surface area contributed by atoms with Gasteiger partial charge in [-0.05, 0) is 25.8 Å². The standard InChI is InChI=1S/C10H15NO2/c1-13-9(12)10-5-2-3-7-11(10)8-4-6-10/h2-3H,4-8H2,1H3. The summed E-state index contributed by atoms with van der Waals surface area (Å²) in [7, 11) is 1.48. The molecule has 0 saturated carbocycles. The zero-order valence-electron chi connectivity index (χ0n) is 7.95. The van der Waals surface area contributed by atoms with Crippen LogP contribution in [0.5, 0.6) is 0 Å². The zero-order valence-corrected chi connectivity index (χ0v) is 7.95. The highest BCUT2D eigenvalue weighted by molar-refractivity contribution is 5.81. The molecule has 1 saturated heterocycles. The molecule has 0 aromatic rings. The lowest BCUT2D eigenvalue weighted by molar-refractivity contribution is -0.153. The lowest BCUT2D eigenvalue weighted by Crippen LogP contribution is -2.52. The fraction of sp³-hybridized carbons (Fsp3) is 0.700. The maximum absolute atomic E-state index is 11.7. The molecule has 2 aliphatic heterocycles. The quantitative estimate of drug-likeness (QED) is 0.445. The molecule has 3 nitrogen and oxygen atoms in total. The largest absolute Gasteiger partial charge is 0.468 e. The van der Waals surface area contributed by atoms with Crippen molar-refractivity contribution in [2.45, 2.75) is 24.8 Å². The highest BCUT2D eigenvalue weighted by Crippen LogP contribution is 2.35. The van der Waals surface area contributed by atoms with Crippen molar-refractivity contribution in [1.82, 2.24) is 4.90 Å². The van der Waals surface area contributed by atoms with Gasteiger partial charge in [-0.15, -0.1) is 0 Å². The van der Waals surface area contributed by atoms with E-state index < -0.39 is 0 Å². The predicted octanol–water partition coefficient (Wildman–Crippen LogP) is 0.954. The summed E-state index contributed by atoms with van der Waals surface area (Å²) in [6.07, 6.45) is 7.10. The van der Waals surface area contributed by atoms with E-state index in [1.165, 1.54) is 7.11 Å². The van der Waals surface area contributed by atoms with Gasteiger partial charge in [-0.1, -0.05) is 12.2 Å². The van der Waals surface area contributed by atoms with E-state index >= 15 is 0 Å². The number of nitrogens with zero attached hydrogens (tertiary/aromatic N) is 1. The molecular formula is C10H15NO2. The van der Waals surface area contributed by atoms with Gasteiger partial charge in [0, 0.05) is 6.54 Å². The molecule has 2 aliphatic rings. The first-order valence-corrected chi connectivity index (χ1v) is 4.78. The van der Waals surface area contributed by atoms with Gasteiger partial charge in [0.1, 0.15) is 5.54 Å². The molecule has 72 valence electrons. The summed E-state index contributed by atoms with van der Waals surface area (Å²) >= 11 is 0. The molecule has 2 rings (SSSR count). The second-order valence-corrected chi connectivity index (χ2v) is 3.75. The first kappa shape index (κ1) is 8.75. The molecule has 0 aromatic heterocycles. The third-order valence-corrected chi connectivity index (χ3v) is 3.14. The summed E-state index contributed by atoms with van der Waals surface area (Å²) in [6.45, 7) is 1.93. The van der Waals surface area contributed by atoms with Gasteiger partial charge >= 0.3 is 5.97 Å². The molecule has 1 fully saturated rings. The van der Waals surface area contributed by atoms with E-state index in [4.69, 9.17) is 4.74 Å². The summed E-state index contributed by atoms with van der Waals surface area (Å²) in [5.74, 6) is -0.0608. The van der Waals surface area contributed by atoms with Crippen molar-refractivity contribution in [3.8, 4) is 0 Å². The summed E-state index contributed by atoms with van der Waals surface area (Å²) < 4.78 is 4.88. The molecule has 13 heavy (non-hydrogen) atoms. The van der Waals surface area contributed by atoms with Crippen molar-refractivity contribution in [2.24, 2.45) is 0 Å². The minimum Gasteiger partial charge on any atom is -0.468 e. The summed E-state index contributed by atoms with van der Waals surface area (Å²) in [5.41, 5.74) is -0.316. The third-order valence-electron chi connectivity index (χ3n) is 3.14. The van der Waals surface area contributed by atoms with Crippen molar-refractivity contribution in [3.63, 3.8) is 0 Å². The van der Waals surface area contributed by atoms with Crippen LogP contribution in [-0.2, 0) is 9.53 Å². The number of esters is 1. The number of rotatable bonds is 1. The summed E-state index contributed by atoms with van der Waals surface area (Å²) in [4.78, 5) is 13.9. The number of hydrogen-bond donors (Lipinski definition) is 0. The lowest BCUT2D eigenvalue weighted by Gasteiger charge is -2.36. The summed E-state index contributed by atoms with van der Waals surface area (Å²) in [5, 5.41) is 0. The van der Waals surface area contributed by atoms with E-state index in [0.29, 0.717) is 0 Å². The fourth-order valence-electron chi connectivity index (χ4n) is 2.42. The van der Waals surface area contributed by atoms with E-state index in [9.17, 15) is 4.79 Å². The van der Waals surface area contributed by atoms with Crippen molar-refractivity contribution >= 4 is 5.97 Å². The Balaban J connectivity index is 2.26. The van der Waals surface area contributed by atoms with Crippen molar-refractivity contribution in [3.05, 3.63) is 12.2 Å². The maximum atomic E-state index is 11.7. The molecule has 0 aliphatic carbocycles. The average Bonchev–Trinajstić information content (AvgIpc) is 2.61. The Kier molecular flexibility index (Phi) is 2.12. The van der Waals surface area contributed by atoms with Gasteiger partial charge in [-0.25, -0.2) is 0 Å². The van der Waals surface area contributed by atoms with Crippen LogP contribution in [0.1, 0.15) is 19.3 Å². The topological polar surface area (TPSA) is 29.5 Å². The monoisotopic (exact) mass is 181 g/mol. The number of carbonyl (C=O) groups is 1. The normalized spacial score (nSPS) is 33.0. The van der Waals surface area contributed by atoms with Crippen LogP contribution >= 0.6 is 0 Å². The SMILES string of the molecule is COC(=O)C12CC=CCN1CCC2. The first-order valence-electron chi connectivity index (χ1n) is 4.78. The zero-order chi connectivity index (χ0) is 9.31. The minimum atomic E-state index is -0.316. The Morgan fingerprint density at radius 3 is 3.15 bits per heavy atom. The van der Waals surface area contributed by atoms with Crippen LogP contribution in [0.25, 0.3) is 0 Å². The van der Waals surface area contributed by atoms with Gasteiger partial charge in [0.15, 0.2) is 0 Å². The van der Waals surface area contributed by atoms with Crippen molar-refractivity contribution < 1.29 is 9.53 Å². The fourth-order valence-corrected chi connectivity index (χ4v) is 2.42. The van der Waals surface area contributed by atoms with Gasteiger partial charge in [0.05, 0.1) is 7.11 Å². The predicted molar refractivity (Wildman–Crippen MR) is 49.3 cm³/mol. The molecule has 3 heteroatoms. The molecule has 0 bridgehead atoms. The second kappa shape index (κ2) is 3.14. The number of fused-ring (bicyclic) bond motifs is 1. The Hall–Kier alpha value is -0.830. The van der Waals surface area contributed by atoms with Crippen molar-refractivity contribution in [2.75, 3.05) is 20.2 Å². The van der Waals surface area contributed by atoms with E-state index in [2.05, 4.69) is 17.1 Å². The highest BCUT2D eigenvalue weighted by atomic mass is 16.5.